The molecule has 52 valence electrons. The molecule has 0 aromatic rings. The maximum atomic E-state index is 5.02. The molecule has 0 fully saturated rings. The molecule has 0 spiro atoms. The van der Waals surface area contributed by atoms with E-state index in [9.17, 15) is 0 Å². The minimum atomic E-state index is 0.252. The van der Waals surface area contributed by atoms with Crippen LogP contribution in [0, 0.1) is 5.41 Å². The van der Waals surface area contributed by atoms with Crippen molar-refractivity contribution in [2.24, 2.45) is 5.41 Å². The molecule has 0 unspecified atom stereocenters. The molecule has 1 heterocycles. The monoisotopic (exact) mass is 127 g/mol. The van der Waals surface area contributed by atoms with Crippen LogP contribution in [0.1, 0.15) is 20.8 Å². The average Bonchev–Trinajstić information content (AvgIpc) is 1.60. The van der Waals surface area contributed by atoms with Crippen LogP contribution in [0.2, 0.25) is 0 Å². The Kier molecular flexibility index (Phi) is 1.49. The molecule has 2 nitrogen and oxygen atoms in total. The lowest BCUT2D eigenvalue weighted by Crippen LogP contribution is -2.32. The third kappa shape index (κ3) is 1.72. The first-order chi connectivity index (χ1) is 4.10. The van der Waals surface area contributed by atoms with Gasteiger partial charge in [-0.2, -0.15) is 5.48 Å². The third-order valence-corrected chi connectivity index (χ3v) is 1.35. The number of hydrogen-bond donors (Lipinski definition) is 1. The topological polar surface area (TPSA) is 21.3 Å². The molecule has 1 rings (SSSR count). The summed E-state index contributed by atoms with van der Waals surface area (Å²) in [5.41, 5.74) is 3.11. The van der Waals surface area contributed by atoms with E-state index in [0.29, 0.717) is 0 Å². The van der Waals surface area contributed by atoms with Crippen LogP contribution >= 0.6 is 0 Å². The van der Waals surface area contributed by atoms with Crippen LogP contribution in [0.4, 0.5) is 0 Å². The smallest absolute Gasteiger partial charge is 0.117 e. The third-order valence-electron chi connectivity index (χ3n) is 1.35. The zero-order valence-electron chi connectivity index (χ0n) is 6.19. The molecule has 1 N–H and O–H groups in total. The van der Waals surface area contributed by atoms with E-state index in [1.54, 1.807) is 0 Å². The lowest BCUT2D eigenvalue weighted by molar-refractivity contribution is 0.0636. The first-order valence-electron chi connectivity index (χ1n) is 3.19. The van der Waals surface area contributed by atoms with Crippen molar-refractivity contribution in [3.05, 3.63) is 11.8 Å². The highest BCUT2D eigenvalue weighted by atomic mass is 16.6. The van der Waals surface area contributed by atoms with Gasteiger partial charge in [0.05, 0.1) is 0 Å². The summed E-state index contributed by atoms with van der Waals surface area (Å²) in [5, 5.41) is 0. The van der Waals surface area contributed by atoms with Gasteiger partial charge in [-0.3, -0.25) is 0 Å². The summed E-state index contributed by atoms with van der Waals surface area (Å²) in [6.07, 6.45) is 2.13. The fourth-order valence-corrected chi connectivity index (χ4v) is 0.967. The lowest BCUT2D eigenvalue weighted by atomic mass is 9.92. The maximum Gasteiger partial charge on any atom is 0.117 e. The summed E-state index contributed by atoms with van der Waals surface area (Å²) in [6, 6.07) is 0. The molecule has 0 radical (unpaired) electrons. The van der Waals surface area contributed by atoms with Gasteiger partial charge in [0.25, 0.3) is 0 Å². The normalized spacial score (nSPS) is 24.6. The zero-order chi connectivity index (χ0) is 6.91. The van der Waals surface area contributed by atoms with Gasteiger partial charge in [-0.1, -0.05) is 13.8 Å². The Hall–Kier alpha value is -0.500. The van der Waals surface area contributed by atoms with Gasteiger partial charge in [0.15, 0.2) is 0 Å². The molecule has 0 aliphatic carbocycles. The van der Waals surface area contributed by atoms with Gasteiger partial charge in [-0.15, -0.1) is 0 Å². The summed E-state index contributed by atoms with van der Waals surface area (Å²) < 4.78 is 0. The summed E-state index contributed by atoms with van der Waals surface area (Å²) in [5.74, 6) is 0.964. The van der Waals surface area contributed by atoms with E-state index in [4.69, 9.17) is 4.84 Å². The SMILES string of the molecule is CC1=CC(C)(C)CNO1. The van der Waals surface area contributed by atoms with Crippen LogP contribution in [0.15, 0.2) is 11.8 Å². The van der Waals surface area contributed by atoms with Gasteiger partial charge >= 0.3 is 0 Å². The Bertz CT molecular complexity index is 138. The van der Waals surface area contributed by atoms with E-state index in [1.807, 2.05) is 6.92 Å². The van der Waals surface area contributed by atoms with Crippen LogP contribution in [-0.4, -0.2) is 6.54 Å². The highest BCUT2D eigenvalue weighted by Crippen LogP contribution is 2.21. The summed E-state index contributed by atoms with van der Waals surface area (Å²) in [7, 11) is 0. The van der Waals surface area contributed by atoms with Crippen molar-refractivity contribution in [1.82, 2.24) is 5.48 Å². The van der Waals surface area contributed by atoms with Gasteiger partial charge in [0.1, 0.15) is 5.76 Å². The van der Waals surface area contributed by atoms with Gasteiger partial charge in [0, 0.05) is 12.0 Å². The second-order valence-corrected chi connectivity index (χ2v) is 3.17. The Morgan fingerprint density at radius 1 is 1.67 bits per heavy atom. The van der Waals surface area contributed by atoms with Crippen LogP contribution in [0.3, 0.4) is 0 Å². The van der Waals surface area contributed by atoms with Crippen molar-refractivity contribution in [3.8, 4) is 0 Å². The summed E-state index contributed by atoms with van der Waals surface area (Å²) >= 11 is 0. The molecule has 0 saturated heterocycles. The number of nitrogens with one attached hydrogen (secondary N) is 1. The Morgan fingerprint density at radius 3 is 2.67 bits per heavy atom. The molecule has 0 bridgehead atoms. The van der Waals surface area contributed by atoms with Gasteiger partial charge in [-0.05, 0) is 13.0 Å². The number of hydrogen-bond acceptors (Lipinski definition) is 2. The van der Waals surface area contributed by atoms with Crippen molar-refractivity contribution in [1.29, 1.82) is 0 Å². The second kappa shape index (κ2) is 2.03. The second-order valence-electron chi connectivity index (χ2n) is 3.17. The van der Waals surface area contributed by atoms with Gasteiger partial charge < -0.3 is 4.84 Å². The van der Waals surface area contributed by atoms with Crippen molar-refractivity contribution in [2.45, 2.75) is 20.8 Å². The predicted octanol–water partition coefficient (Wildman–Crippen LogP) is 1.45. The predicted molar refractivity (Wildman–Crippen MR) is 36.6 cm³/mol. The number of allylic oxidation sites excluding steroid dienone is 1. The van der Waals surface area contributed by atoms with Gasteiger partial charge in [-0.25, -0.2) is 0 Å². The molecule has 2 heteroatoms. The van der Waals surface area contributed by atoms with Crippen LogP contribution in [-0.2, 0) is 4.84 Å². The Balaban J connectivity index is 2.68. The Labute approximate surface area is 55.9 Å². The van der Waals surface area contributed by atoms with Crippen molar-refractivity contribution >= 4 is 0 Å². The highest BCUT2D eigenvalue weighted by Gasteiger charge is 2.18. The van der Waals surface area contributed by atoms with E-state index in [1.165, 1.54) is 0 Å². The molecule has 1 aliphatic heterocycles. The number of hydroxylamine groups is 1. The molecule has 0 aromatic heterocycles. The highest BCUT2D eigenvalue weighted by molar-refractivity contribution is 5.01. The van der Waals surface area contributed by atoms with E-state index in [0.717, 1.165) is 12.3 Å². The van der Waals surface area contributed by atoms with Crippen molar-refractivity contribution in [2.75, 3.05) is 6.54 Å². The number of rotatable bonds is 0. The van der Waals surface area contributed by atoms with Crippen molar-refractivity contribution < 1.29 is 4.84 Å². The quantitative estimate of drug-likeness (QED) is 0.531. The minimum absolute atomic E-state index is 0.252. The molecular weight excluding hydrogens is 114 g/mol. The fraction of sp³-hybridized carbons (Fsp3) is 0.714. The molecular formula is C7H13NO. The van der Waals surface area contributed by atoms with Crippen molar-refractivity contribution in [3.63, 3.8) is 0 Å². The molecule has 0 amide bonds. The molecule has 0 atom stereocenters. The standard InChI is InChI=1S/C7H13NO/c1-6-4-7(2,3)5-8-9-6/h4,8H,5H2,1-3H3. The maximum absolute atomic E-state index is 5.02. The molecule has 0 saturated carbocycles. The van der Waals surface area contributed by atoms with E-state index < -0.39 is 0 Å². The van der Waals surface area contributed by atoms with E-state index >= 15 is 0 Å². The average molecular weight is 127 g/mol. The minimum Gasteiger partial charge on any atom is -0.414 e. The molecule has 0 aromatic carbocycles. The van der Waals surface area contributed by atoms with Crippen LogP contribution in [0.25, 0.3) is 0 Å². The van der Waals surface area contributed by atoms with E-state index in [2.05, 4.69) is 25.4 Å². The summed E-state index contributed by atoms with van der Waals surface area (Å²) in [6.45, 7) is 7.19. The van der Waals surface area contributed by atoms with Crippen LogP contribution < -0.4 is 5.48 Å². The lowest BCUT2D eigenvalue weighted by Gasteiger charge is -2.26. The first kappa shape index (κ1) is 6.62. The summed E-state index contributed by atoms with van der Waals surface area (Å²) in [4.78, 5) is 5.02. The van der Waals surface area contributed by atoms with Gasteiger partial charge in [0.2, 0.25) is 0 Å². The first-order valence-corrected chi connectivity index (χ1v) is 3.19. The largest absolute Gasteiger partial charge is 0.414 e. The molecule has 1 aliphatic rings. The van der Waals surface area contributed by atoms with Crippen LogP contribution in [0.5, 0.6) is 0 Å². The Morgan fingerprint density at radius 2 is 2.33 bits per heavy atom. The molecule has 9 heavy (non-hydrogen) atoms. The fourth-order valence-electron chi connectivity index (χ4n) is 0.967. The zero-order valence-corrected chi connectivity index (χ0v) is 6.19. The van der Waals surface area contributed by atoms with E-state index in [-0.39, 0.29) is 5.41 Å².